The molecule has 0 saturated carbocycles. The summed E-state index contributed by atoms with van der Waals surface area (Å²) in [7, 11) is 0. The number of aromatic amines is 2. The molecule has 3 fully saturated rings. The maximum absolute atomic E-state index is 14.8. The first-order valence-corrected chi connectivity index (χ1v) is 28.4. The molecule has 3 saturated heterocycles. The SMILES string of the molecule is CC(C)C[C@H](NC(=O)[C@H](CCCCN)NC(=O)[C@@H]1CCCN1)C(=O)N[C@@H](CCC(=O)O)C(=O)N1CCC[C@H]1C(=O)N[C@@H](Cc1c[nH]c2ccccc12)C(=O)N[C@@H](CCCCN)C(=O)N[C@@H](Cc1cnc[nH]1)C(=O)N1CCC[C@H]1C(=O)O. The molecule has 8 amide bonds. The minimum Gasteiger partial charge on any atom is -0.481 e. The lowest BCUT2D eigenvalue weighted by Gasteiger charge is -2.31. The fraction of sp³-hybridized carbons (Fsp3) is 0.618. The molecule has 81 heavy (non-hydrogen) atoms. The number of aromatic nitrogens is 3. The van der Waals surface area contributed by atoms with Gasteiger partial charge in [0.05, 0.1) is 12.4 Å². The number of benzene rings is 1. The van der Waals surface area contributed by atoms with Crippen LogP contribution in [-0.4, -0.2) is 181 Å². The third-order valence-corrected chi connectivity index (χ3v) is 15.1. The van der Waals surface area contributed by atoms with E-state index in [9.17, 15) is 58.2 Å². The number of unbranched alkanes of at least 4 members (excludes halogenated alkanes) is 2. The summed E-state index contributed by atoms with van der Waals surface area (Å²) in [6.07, 6.45) is 8.41. The van der Waals surface area contributed by atoms with Crippen LogP contribution in [0.25, 0.3) is 10.9 Å². The lowest BCUT2D eigenvalue weighted by Crippen LogP contribution is -2.60. The second-order valence-electron chi connectivity index (χ2n) is 21.7. The van der Waals surface area contributed by atoms with E-state index >= 15 is 0 Å². The average Bonchev–Trinajstić information content (AvgIpc) is 4.50. The van der Waals surface area contributed by atoms with Gasteiger partial charge < -0.3 is 78.7 Å². The molecular weight excluding hydrogens is 1050 g/mol. The van der Waals surface area contributed by atoms with Crippen LogP contribution in [0.3, 0.4) is 0 Å². The number of hydrogen-bond donors (Lipinski definition) is 13. The topological polar surface area (TPSA) is 398 Å². The predicted octanol–water partition coefficient (Wildman–Crippen LogP) is -0.428. The number of carbonyl (C=O) groups excluding carboxylic acids is 8. The van der Waals surface area contributed by atoms with E-state index in [1.807, 2.05) is 38.1 Å². The van der Waals surface area contributed by atoms with Gasteiger partial charge in [-0.2, -0.15) is 0 Å². The van der Waals surface area contributed by atoms with Crippen molar-refractivity contribution in [2.45, 2.75) is 177 Å². The number of nitrogens with zero attached hydrogens (tertiary/aromatic N) is 3. The zero-order valence-corrected chi connectivity index (χ0v) is 46.3. The molecule has 0 radical (unpaired) electrons. The van der Waals surface area contributed by atoms with E-state index < -0.39 is 114 Å². The molecule has 0 aliphatic carbocycles. The van der Waals surface area contributed by atoms with Gasteiger partial charge in [0.1, 0.15) is 48.3 Å². The summed E-state index contributed by atoms with van der Waals surface area (Å²) in [6.45, 7) is 5.17. The number of hydrogen-bond acceptors (Lipinski definition) is 14. The van der Waals surface area contributed by atoms with Gasteiger partial charge in [0.25, 0.3) is 0 Å². The quantitative estimate of drug-likeness (QED) is 0.0353. The van der Waals surface area contributed by atoms with Gasteiger partial charge in [-0.3, -0.25) is 43.2 Å². The molecule has 15 N–H and O–H groups in total. The summed E-state index contributed by atoms with van der Waals surface area (Å²) in [6, 6.07) is -3.04. The third kappa shape index (κ3) is 18.0. The molecule has 9 atom stereocenters. The number of fused-ring (bicyclic) bond motifs is 1. The number of carboxylic acids is 2. The second-order valence-corrected chi connectivity index (χ2v) is 21.7. The van der Waals surface area contributed by atoms with Gasteiger partial charge in [-0.1, -0.05) is 32.0 Å². The first-order valence-electron chi connectivity index (χ1n) is 28.4. The standard InChI is InChI=1S/C55H82N14O12/c1-32(2)26-41(65-48(73)38(14-5-7-21-56)62-47(72)37-16-9-23-59-37)50(75)64-40(19-20-46(70)71)53(78)68-24-10-17-44(68)52(77)66-42(27-33-29-60-36-13-4-3-12-35(33)36)51(76)63-39(15-6-8-22-57)49(74)67-43(28-34-30-58-31-61-34)54(79)69-25-11-18-45(69)55(80)81/h3-4,12-13,29-32,37-45,59-60H,5-11,14-28,56-57H2,1-2H3,(H,58,61)(H,62,72)(H,63,76)(H,64,75)(H,65,73)(H,66,77)(H,67,74)(H,70,71)(H,80,81)/t37-,38-,39-,40-,41-,42-,43-,44-,45-/m0/s1. The van der Waals surface area contributed by atoms with Crippen molar-refractivity contribution >= 4 is 70.1 Å². The molecule has 6 rings (SSSR count). The summed E-state index contributed by atoms with van der Waals surface area (Å²) >= 11 is 0. The molecule has 3 aliphatic rings. The third-order valence-electron chi connectivity index (χ3n) is 15.1. The second kappa shape index (κ2) is 30.9. The highest BCUT2D eigenvalue weighted by Gasteiger charge is 2.42. The average molecular weight is 1130 g/mol. The Hall–Kier alpha value is -7.45. The number of nitrogens with one attached hydrogen (secondary N) is 9. The van der Waals surface area contributed by atoms with Crippen molar-refractivity contribution in [2.75, 3.05) is 32.7 Å². The minimum atomic E-state index is -1.47. The lowest BCUT2D eigenvalue weighted by molar-refractivity contribution is -0.149. The minimum absolute atomic E-state index is 0.0360. The Morgan fingerprint density at radius 3 is 1.84 bits per heavy atom. The highest BCUT2D eigenvalue weighted by atomic mass is 16.4. The van der Waals surface area contributed by atoms with E-state index in [0.717, 1.165) is 17.3 Å². The van der Waals surface area contributed by atoms with Gasteiger partial charge in [-0.05, 0) is 127 Å². The first-order chi connectivity index (χ1) is 38.9. The van der Waals surface area contributed by atoms with Crippen LogP contribution in [0.4, 0.5) is 0 Å². The molecular formula is C55H82N14O12. The van der Waals surface area contributed by atoms with Crippen LogP contribution in [-0.2, 0) is 60.8 Å². The van der Waals surface area contributed by atoms with Crippen molar-refractivity contribution < 1.29 is 58.2 Å². The Labute approximate surface area is 470 Å². The molecule has 0 spiro atoms. The Morgan fingerprint density at radius 2 is 1.22 bits per heavy atom. The predicted molar refractivity (Wildman–Crippen MR) is 296 cm³/mol. The largest absolute Gasteiger partial charge is 0.481 e. The molecule has 0 bridgehead atoms. The van der Waals surface area contributed by atoms with Crippen molar-refractivity contribution in [3.05, 3.63) is 54.2 Å². The number of carboxylic acid groups (broad SMARTS) is 2. The highest BCUT2D eigenvalue weighted by Crippen LogP contribution is 2.24. The van der Waals surface area contributed by atoms with E-state index in [0.29, 0.717) is 69.3 Å². The number of aliphatic carboxylic acids is 2. The van der Waals surface area contributed by atoms with Gasteiger partial charge in [-0.15, -0.1) is 0 Å². The van der Waals surface area contributed by atoms with Gasteiger partial charge in [0.15, 0.2) is 0 Å². The molecule has 26 heteroatoms. The summed E-state index contributed by atoms with van der Waals surface area (Å²) < 4.78 is 0. The van der Waals surface area contributed by atoms with E-state index in [1.165, 1.54) is 22.3 Å². The van der Waals surface area contributed by atoms with Crippen LogP contribution < -0.4 is 48.7 Å². The van der Waals surface area contributed by atoms with Crippen molar-refractivity contribution in [1.82, 2.24) is 62.0 Å². The van der Waals surface area contributed by atoms with Crippen molar-refractivity contribution in [2.24, 2.45) is 17.4 Å². The molecule has 3 aliphatic heterocycles. The Kier molecular flexibility index (Phi) is 24.0. The highest BCUT2D eigenvalue weighted by molar-refractivity contribution is 5.99. The number of imidazole rings is 1. The van der Waals surface area contributed by atoms with E-state index in [-0.39, 0.29) is 82.8 Å². The summed E-state index contributed by atoms with van der Waals surface area (Å²) in [5.41, 5.74) is 13.4. The molecule has 2 aromatic heterocycles. The summed E-state index contributed by atoms with van der Waals surface area (Å²) in [5, 5.41) is 40.3. The number of rotatable bonds is 32. The van der Waals surface area contributed by atoms with Gasteiger partial charge in [0.2, 0.25) is 47.3 Å². The Morgan fingerprint density at radius 1 is 0.642 bits per heavy atom. The number of amides is 8. The summed E-state index contributed by atoms with van der Waals surface area (Å²) in [5.74, 6) is -7.96. The van der Waals surface area contributed by atoms with Crippen molar-refractivity contribution in [3.8, 4) is 0 Å². The fourth-order valence-electron chi connectivity index (χ4n) is 10.8. The molecule has 444 valence electrons. The zero-order valence-electron chi connectivity index (χ0n) is 46.3. The Balaban J connectivity index is 1.22. The normalized spacial score (nSPS) is 19.2. The maximum atomic E-state index is 14.8. The monoisotopic (exact) mass is 1130 g/mol. The van der Waals surface area contributed by atoms with Crippen LogP contribution in [0, 0.1) is 5.92 Å². The first kappa shape index (κ1) is 62.7. The zero-order chi connectivity index (χ0) is 58.6. The lowest BCUT2D eigenvalue weighted by atomic mass is 10.0. The molecule has 3 aromatic rings. The van der Waals surface area contributed by atoms with Crippen LogP contribution in [0.5, 0.6) is 0 Å². The smallest absolute Gasteiger partial charge is 0.326 e. The van der Waals surface area contributed by atoms with Crippen LogP contribution in [0.15, 0.2) is 43.0 Å². The van der Waals surface area contributed by atoms with E-state index in [2.05, 4.69) is 52.2 Å². The molecule has 26 nitrogen and oxygen atoms in total. The van der Waals surface area contributed by atoms with Crippen LogP contribution in [0.2, 0.25) is 0 Å². The van der Waals surface area contributed by atoms with Crippen molar-refractivity contribution in [1.29, 1.82) is 0 Å². The molecule has 1 aromatic carbocycles. The maximum Gasteiger partial charge on any atom is 0.326 e. The molecule has 0 unspecified atom stereocenters. The Bertz CT molecular complexity index is 2640. The van der Waals surface area contributed by atoms with Gasteiger partial charge >= 0.3 is 11.9 Å². The van der Waals surface area contributed by atoms with E-state index in [4.69, 9.17) is 11.5 Å². The number of likely N-dealkylation sites (tertiary alicyclic amines) is 2. The molecule has 5 heterocycles. The van der Waals surface area contributed by atoms with Crippen molar-refractivity contribution in [3.63, 3.8) is 0 Å². The van der Waals surface area contributed by atoms with Gasteiger partial charge in [0, 0.05) is 61.3 Å². The van der Waals surface area contributed by atoms with E-state index in [1.54, 1.807) is 6.20 Å². The fourth-order valence-corrected chi connectivity index (χ4v) is 10.8. The number of carbonyl (C=O) groups is 10. The van der Waals surface area contributed by atoms with Crippen LogP contribution >= 0.6 is 0 Å². The van der Waals surface area contributed by atoms with Gasteiger partial charge in [-0.25, -0.2) is 9.78 Å². The number of nitrogens with two attached hydrogens (primary N) is 2. The number of para-hydroxylation sites is 1. The van der Waals surface area contributed by atoms with Crippen LogP contribution in [0.1, 0.15) is 121 Å². The summed E-state index contributed by atoms with van der Waals surface area (Å²) in [4.78, 5) is 151. The number of H-pyrrole nitrogens is 2.